The van der Waals surface area contributed by atoms with Crippen LogP contribution in [0, 0.1) is 0 Å². The van der Waals surface area contributed by atoms with Gasteiger partial charge in [-0.3, -0.25) is 4.90 Å². The Hall–Kier alpha value is -3.24. The zero-order chi connectivity index (χ0) is 24.8. The van der Waals surface area contributed by atoms with Crippen LogP contribution < -0.4 is 11.1 Å². The fourth-order valence-corrected chi connectivity index (χ4v) is 4.64. The van der Waals surface area contributed by atoms with Gasteiger partial charge in [0, 0.05) is 19.6 Å². The van der Waals surface area contributed by atoms with Crippen LogP contribution in [0.5, 0.6) is 0 Å². The Bertz CT molecular complexity index is 1070. The molecule has 3 N–H and O–H groups in total. The van der Waals surface area contributed by atoms with Crippen LogP contribution in [0.1, 0.15) is 30.4 Å². The van der Waals surface area contributed by atoms with E-state index in [0.717, 1.165) is 58.5 Å². The van der Waals surface area contributed by atoms with E-state index in [9.17, 15) is 0 Å². The van der Waals surface area contributed by atoms with Crippen molar-refractivity contribution in [2.45, 2.75) is 32.4 Å². The first-order valence-electron chi connectivity index (χ1n) is 13.2. The predicted octanol–water partition coefficient (Wildman–Crippen LogP) is 6.74. The molecule has 0 aromatic heterocycles. The molecule has 4 aromatic rings. The maximum absolute atomic E-state index is 5.62. The van der Waals surface area contributed by atoms with Gasteiger partial charge in [0.2, 0.25) is 0 Å². The third kappa shape index (κ3) is 8.17. The van der Waals surface area contributed by atoms with E-state index in [2.05, 4.69) is 119 Å². The molecule has 0 radical (unpaired) electrons. The third-order valence-electron chi connectivity index (χ3n) is 6.52. The third-order valence-corrected chi connectivity index (χ3v) is 6.52. The summed E-state index contributed by atoms with van der Waals surface area (Å²) in [4.78, 5) is 2.58. The smallest absolute Gasteiger partial charge is 0.0237 e. The Morgan fingerprint density at radius 1 is 0.528 bits per heavy atom. The summed E-state index contributed by atoms with van der Waals surface area (Å²) < 4.78 is 0. The van der Waals surface area contributed by atoms with Gasteiger partial charge >= 0.3 is 0 Å². The van der Waals surface area contributed by atoms with Crippen LogP contribution >= 0.6 is 0 Å². The van der Waals surface area contributed by atoms with Crippen LogP contribution in [-0.2, 0) is 13.1 Å². The topological polar surface area (TPSA) is 41.3 Å². The summed E-state index contributed by atoms with van der Waals surface area (Å²) in [5, 5.41) is 3.58. The van der Waals surface area contributed by atoms with E-state index in [4.69, 9.17) is 5.73 Å². The molecule has 0 bridgehead atoms. The van der Waals surface area contributed by atoms with Crippen molar-refractivity contribution in [1.82, 2.24) is 10.2 Å². The van der Waals surface area contributed by atoms with E-state index >= 15 is 0 Å². The Morgan fingerprint density at radius 2 is 1.03 bits per heavy atom. The summed E-state index contributed by atoms with van der Waals surface area (Å²) in [6.07, 6.45) is 3.37. The second kappa shape index (κ2) is 14.4. The highest BCUT2D eigenvalue weighted by Crippen LogP contribution is 2.23. The van der Waals surface area contributed by atoms with E-state index < -0.39 is 0 Å². The van der Waals surface area contributed by atoms with Crippen molar-refractivity contribution < 1.29 is 0 Å². The highest BCUT2D eigenvalue weighted by atomic mass is 15.1. The predicted molar refractivity (Wildman–Crippen MR) is 154 cm³/mol. The molecule has 3 nitrogen and oxygen atoms in total. The van der Waals surface area contributed by atoms with Crippen molar-refractivity contribution in [3.05, 3.63) is 120 Å². The lowest BCUT2D eigenvalue weighted by Crippen LogP contribution is -2.27. The van der Waals surface area contributed by atoms with Crippen LogP contribution in [0.25, 0.3) is 22.3 Å². The van der Waals surface area contributed by atoms with Crippen molar-refractivity contribution in [3.8, 4) is 22.3 Å². The van der Waals surface area contributed by atoms with Crippen molar-refractivity contribution in [1.29, 1.82) is 0 Å². The first-order chi connectivity index (χ1) is 17.8. The van der Waals surface area contributed by atoms with Crippen molar-refractivity contribution in [3.63, 3.8) is 0 Å². The molecule has 0 aliphatic heterocycles. The van der Waals surface area contributed by atoms with E-state index in [0.29, 0.717) is 0 Å². The van der Waals surface area contributed by atoms with Gasteiger partial charge < -0.3 is 11.1 Å². The van der Waals surface area contributed by atoms with Gasteiger partial charge in [-0.05, 0) is 84.4 Å². The van der Waals surface area contributed by atoms with Crippen molar-refractivity contribution in [2.24, 2.45) is 5.73 Å². The number of rotatable bonds is 14. The van der Waals surface area contributed by atoms with Crippen LogP contribution in [-0.4, -0.2) is 31.1 Å². The molecule has 0 aliphatic carbocycles. The SMILES string of the molecule is NCCCCNCCCN(Cc1cccc(-c2ccccc2)c1)Cc1cccc(-c2ccccc2)c1. The zero-order valence-corrected chi connectivity index (χ0v) is 21.3. The largest absolute Gasteiger partial charge is 0.330 e. The summed E-state index contributed by atoms with van der Waals surface area (Å²) in [6.45, 7) is 5.78. The van der Waals surface area contributed by atoms with E-state index in [1.54, 1.807) is 0 Å². The first-order valence-corrected chi connectivity index (χ1v) is 13.2. The normalized spacial score (nSPS) is 11.2. The highest BCUT2D eigenvalue weighted by Gasteiger charge is 2.10. The number of nitrogens with zero attached hydrogens (tertiary/aromatic N) is 1. The molecule has 0 aliphatic rings. The van der Waals surface area contributed by atoms with Gasteiger partial charge in [-0.1, -0.05) is 97.1 Å². The molecule has 3 heteroatoms. The molecule has 0 unspecified atom stereocenters. The van der Waals surface area contributed by atoms with Gasteiger partial charge in [0.1, 0.15) is 0 Å². The minimum atomic E-state index is 0.777. The molecule has 0 saturated heterocycles. The maximum atomic E-state index is 5.62. The minimum absolute atomic E-state index is 0.777. The quantitative estimate of drug-likeness (QED) is 0.198. The molecule has 0 amide bonds. The fraction of sp³-hybridized carbons (Fsp3) is 0.273. The first kappa shape index (κ1) is 25.8. The monoisotopic (exact) mass is 477 g/mol. The molecular formula is C33H39N3. The molecular weight excluding hydrogens is 438 g/mol. The standard InChI is InChI=1S/C33H39N3/c34-20-7-8-21-35-22-11-23-36(26-28-12-9-18-32(24-28)30-14-3-1-4-15-30)27-29-13-10-19-33(25-29)31-16-5-2-6-17-31/h1-6,9-10,12-19,24-25,35H,7-8,11,20-23,26-27,34H2. The molecule has 0 atom stereocenters. The van der Waals surface area contributed by atoms with Gasteiger partial charge in [-0.25, -0.2) is 0 Å². The lowest BCUT2D eigenvalue weighted by Gasteiger charge is -2.23. The van der Waals surface area contributed by atoms with Gasteiger partial charge in [0.15, 0.2) is 0 Å². The van der Waals surface area contributed by atoms with E-state index in [1.165, 1.54) is 33.4 Å². The Kier molecular flexibility index (Phi) is 10.3. The van der Waals surface area contributed by atoms with Crippen LogP contribution in [0.3, 0.4) is 0 Å². The molecule has 186 valence electrons. The average molecular weight is 478 g/mol. The Balaban J connectivity index is 1.45. The zero-order valence-electron chi connectivity index (χ0n) is 21.3. The van der Waals surface area contributed by atoms with Crippen LogP contribution in [0.2, 0.25) is 0 Å². The van der Waals surface area contributed by atoms with Crippen LogP contribution in [0.15, 0.2) is 109 Å². The number of nitrogens with two attached hydrogens (primary N) is 1. The highest BCUT2D eigenvalue weighted by molar-refractivity contribution is 5.64. The number of hydrogen-bond acceptors (Lipinski definition) is 3. The lowest BCUT2D eigenvalue weighted by atomic mass is 10.0. The molecule has 4 rings (SSSR count). The molecule has 0 saturated carbocycles. The number of benzene rings is 4. The summed E-state index contributed by atoms with van der Waals surface area (Å²) in [5.74, 6) is 0. The average Bonchev–Trinajstić information content (AvgIpc) is 2.94. The summed E-state index contributed by atoms with van der Waals surface area (Å²) in [5.41, 5.74) is 13.4. The second-order valence-electron chi connectivity index (χ2n) is 9.44. The minimum Gasteiger partial charge on any atom is -0.330 e. The Morgan fingerprint density at radius 3 is 1.56 bits per heavy atom. The fourth-order valence-electron chi connectivity index (χ4n) is 4.64. The molecule has 36 heavy (non-hydrogen) atoms. The number of nitrogens with one attached hydrogen (secondary N) is 1. The lowest BCUT2D eigenvalue weighted by molar-refractivity contribution is 0.252. The summed E-state index contributed by atoms with van der Waals surface area (Å²) in [7, 11) is 0. The van der Waals surface area contributed by atoms with Crippen LogP contribution in [0.4, 0.5) is 0 Å². The molecule has 0 spiro atoms. The number of unbranched alkanes of at least 4 members (excludes halogenated alkanes) is 1. The Labute approximate surface area is 217 Å². The second-order valence-corrected chi connectivity index (χ2v) is 9.44. The molecule has 0 fully saturated rings. The molecule has 4 aromatic carbocycles. The van der Waals surface area contributed by atoms with Gasteiger partial charge in [-0.2, -0.15) is 0 Å². The summed E-state index contributed by atoms with van der Waals surface area (Å²) >= 11 is 0. The maximum Gasteiger partial charge on any atom is 0.0237 e. The van der Waals surface area contributed by atoms with Crippen molar-refractivity contribution in [2.75, 3.05) is 26.2 Å². The van der Waals surface area contributed by atoms with E-state index in [-0.39, 0.29) is 0 Å². The number of hydrogen-bond donors (Lipinski definition) is 2. The van der Waals surface area contributed by atoms with Gasteiger partial charge in [-0.15, -0.1) is 0 Å². The van der Waals surface area contributed by atoms with Gasteiger partial charge in [0.25, 0.3) is 0 Å². The van der Waals surface area contributed by atoms with Gasteiger partial charge in [0.05, 0.1) is 0 Å². The van der Waals surface area contributed by atoms with E-state index in [1.807, 2.05) is 0 Å². The molecule has 0 heterocycles. The van der Waals surface area contributed by atoms with Crippen molar-refractivity contribution >= 4 is 0 Å². The summed E-state index contributed by atoms with van der Waals surface area (Å²) in [6, 6.07) is 39.3.